The maximum absolute atomic E-state index is 15.1. The second-order valence-corrected chi connectivity index (χ2v) is 7.65. The van der Waals surface area contributed by atoms with Crippen LogP contribution in [0.25, 0.3) is 0 Å². The minimum atomic E-state index is -1.16. The van der Waals surface area contributed by atoms with Crippen molar-refractivity contribution in [2.24, 2.45) is 11.3 Å². The largest absolute Gasteiger partial charge is 0.389 e. The van der Waals surface area contributed by atoms with Gasteiger partial charge >= 0.3 is 0 Å². The molecule has 0 heterocycles. The fourth-order valence-electron chi connectivity index (χ4n) is 4.85. The lowest BCUT2D eigenvalue weighted by Gasteiger charge is -2.32. The third kappa shape index (κ3) is 2.90. The van der Waals surface area contributed by atoms with Crippen LogP contribution >= 0.6 is 0 Å². The first-order valence-corrected chi connectivity index (χ1v) is 9.30. The zero-order valence-corrected chi connectivity index (χ0v) is 14.7. The maximum Gasteiger partial charge on any atom is 0.142 e. The molecular weight excluding hydrogens is 313 g/mol. The highest BCUT2D eigenvalue weighted by atomic mass is 19.1. The average molecular weight is 339 g/mol. The quantitative estimate of drug-likeness (QED) is 0.853. The van der Waals surface area contributed by atoms with Gasteiger partial charge < -0.3 is 5.11 Å². The molecule has 0 saturated heterocycles. The van der Waals surface area contributed by atoms with Gasteiger partial charge in [0.05, 0.1) is 6.10 Å². The normalized spacial score (nSPS) is 33.4. The van der Waals surface area contributed by atoms with Crippen molar-refractivity contribution in [3.63, 3.8) is 0 Å². The van der Waals surface area contributed by atoms with Crippen LogP contribution in [0.4, 0.5) is 4.39 Å². The molecule has 5 atom stereocenters. The molecule has 0 spiro atoms. The first-order valence-electron chi connectivity index (χ1n) is 9.30. The Morgan fingerprint density at radius 3 is 1.96 bits per heavy atom. The van der Waals surface area contributed by atoms with Crippen molar-refractivity contribution in [3.05, 3.63) is 71.8 Å². The highest BCUT2D eigenvalue weighted by molar-refractivity contribution is 5.24. The summed E-state index contributed by atoms with van der Waals surface area (Å²) in [4.78, 5) is 2.24. The second kappa shape index (κ2) is 6.54. The molecule has 2 saturated carbocycles. The molecule has 132 valence electrons. The van der Waals surface area contributed by atoms with E-state index < -0.39 is 12.3 Å². The van der Waals surface area contributed by atoms with Crippen LogP contribution in [0.5, 0.6) is 0 Å². The fraction of sp³-hybridized carbons (Fsp3) is 0.455. The van der Waals surface area contributed by atoms with E-state index in [9.17, 15) is 5.11 Å². The molecular formula is C22H26FNO. The monoisotopic (exact) mass is 339 g/mol. The van der Waals surface area contributed by atoms with Gasteiger partial charge in [-0.25, -0.2) is 4.39 Å². The Balaban J connectivity index is 1.61. The van der Waals surface area contributed by atoms with E-state index in [2.05, 4.69) is 36.1 Å². The Morgan fingerprint density at radius 1 is 1.00 bits per heavy atom. The zero-order chi connectivity index (χ0) is 17.4. The number of aliphatic hydroxyl groups excluding tert-OH is 1. The molecule has 4 rings (SSSR count). The third-order valence-corrected chi connectivity index (χ3v) is 6.34. The minimum absolute atomic E-state index is 0.185. The lowest BCUT2D eigenvalue weighted by molar-refractivity contribution is 0.00783. The van der Waals surface area contributed by atoms with Gasteiger partial charge in [0.2, 0.25) is 0 Å². The molecule has 3 heteroatoms. The molecule has 0 radical (unpaired) electrons. The van der Waals surface area contributed by atoms with Gasteiger partial charge in [-0.05, 0) is 29.9 Å². The van der Waals surface area contributed by atoms with Crippen molar-refractivity contribution in [2.75, 3.05) is 0 Å². The van der Waals surface area contributed by atoms with E-state index in [1.165, 1.54) is 11.1 Å². The Kier molecular flexibility index (Phi) is 4.38. The molecule has 0 amide bonds. The summed E-state index contributed by atoms with van der Waals surface area (Å²) in [7, 11) is 0. The zero-order valence-electron chi connectivity index (χ0n) is 14.7. The summed E-state index contributed by atoms with van der Waals surface area (Å²) in [6.07, 6.45) is -0.163. The van der Waals surface area contributed by atoms with Crippen LogP contribution in [0, 0.1) is 11.3 Å². The predicted octanol–water partition coefficient (Wildman–Crippen LogP) is 4.19. The average Bonchev–Trinajstić information content (AvgIpc) is 3.33. The molecule has 0 unspecified atom stereocenters. The van der Waals surface area contributed by atoms with Crippen molar-refractivity contribution in [2.45, 2.75) is 51.2 Å². The number of alkyl halides is 1. The molecule has 2 aromatic carbocycles. The topological polar surface area (TPSA) is 23.5 Å². The van der Waals surface area contributed by atoms with E-state index in [1.807, 2.05) is 36.4 Å². The Morgan fingerprint density at radius 2 is 1.52 bits per heavy atom. The number of benzene rings is 2. The van der Waals surface area contributed by atoms with Crippen molar-refractivity contribution >= 4 is 0 Å². The van der Waals surface area contributed by atoms with Gasteiger partial charge in [-0.3, -0.25) is 4.90 Å². The van der Waals surface area contributed by atoms with Gasteiger partial charge in [-0.15, -0.1) is 0 Å². The highest BCUT2D eigenvalue weighted by Gasteiger charge is 2.71. The summed E-state index contributed by atoms with van der Waals surface area (Å²) >= 11 is 0. The van der Waals surface area contributed by atoms with Gasteiger partial charge in [0.15, 0.2) is 0 Å². The van der Waals surface area contributed by atoms with E-state index in [4.69, 9.17) is 0 Å². The lowest BCUT2D eigenvalue weighted by atomic mass is 9.97. The number of hydrogen-bond donors (Lipinski definition) is 1. The smallest absolute Gasteiger partial charge is 0.142 e. The van der Waals surface area contributed by atoms with Crippen molar-refractivity contribution in [1.82, 2.24) is 4.90 Å². The van der Waals surface area contributed by atoms with Crippen molar-refractivity contribution < 1.29 is 9.50 Å². The number of fused-ring (bicyclic) bond motifs is 1. The molecule has 2 fully saturated rings. The standard InChI is InChI=1S/C22H26FNO/c1-2-22-13-18(22)20(19(23)21(22)25)24(14-16-9-5-3-6-10-16)15-17-11-7-4-8-12-17/h3-12,18-21,25H,2,13-15H2,1H3/t18-,19-,20-,21+,22-/m1/s1. The van der Waals surface area contributed by atoms with Crippen LogP contribution in [-0.2, 0) is 13.1 Å². The number of aliphatic hydroxyl groups is 1. The van der Waals surface area contributed by atoms with E-state index in [0.717, 1.165) is 12.8 Å². The van der Waals surface area contributed by atoms with E-state index in [1.54, 1.807) is 0 Å². The molecule has 1 N–H and O–H groups in total. The Labute approximate surface area is 149 Å². The second-order valence-electron chi connectivity index (χ2n) is 7.65. The van der Waals surface area contributed by atoms with E-state index in [-0.39, 0.29) is 17.4 Å². The van der Waals surface area contributed by atoms with Gasteiger partial charge in [0.25, 0.3) is 0 Å². The van der Waals surface area contributed by atoms with Crippen molar-refractivity contribution in [1.29, 1.82) is 0 Å². The van der Waals surface area contributed by atoms with E-state index >= 15 is 4.39 Å². The third-order valence-electron chi connectivity index (χ3n) is 6.34. The molecule has 25 heavy (non-hydrogen) atoms. The van der Waals surface area contributed by atoms with Gasteiger partial charge in [0.1, 0.15) is 6.17 Å². The van der Waals surface area contributed by atoms with Gasteiger partial charge in [0, 0.05) is 24.5 Å². The summed E-state index contributed by atoms with van der Waals surface area (Å²) in [5.41, 5.74) is 2.19. The first kappa shape index (κ1) is 16.7. The van der Waals surface area contributed by atoms with Gasteiger partial charge in [-0.1, -0.05) is 67.6 Å². The van der Waals surface area contributed by atoms with Crippen LogP contribution in [-0.4, -0.2) is 28.3 Å². The fourth-order valence-corrected chi connectivity index (χ4v) is 4.85. The number of hydrogen-bond acceptors (Lipinski definition) is 2. The number of nitrogens with zero attached hydrogens (tertiary/aromatic N) is 1. The van der Waals surface area contributed by atoms with Crippen LogP contribution < -0.4 is 0 Å². The SMILES string of the molecule is CC[C@@]12C[C@@H]1[C@@H](N(Cc1ccccc1)Cc1ccccc1)[C@@H](F)[C@@H]2O. The van der Waals surface area contributed by atoms with Crippen LogP contribution in [0.1, 0.15) is 30.9 Å². The summed E-state index contributed by atoms with van der Waals surface area (Å²) in [5.74, 6) is 0.273. The van der Waals surface area contributed by atoms with Crippen LogP contribution in [0.2, 0.25) is 0 Å². The summed E-state index contributed by atoms with van der Waals surface area (Å²) in [6, 6.07) is 20.3. The lowest BCUT2D eigenvalue weighted by Crippen LogP contribution is -2.43. The summed E-state index contributed by atoms with van der Waals surface area (Å²) in [5, 5.41) is 10.5. The molecule has 2 nitrogen and oxygen atoms in total. The molecule has 2 aliphatic carbocycles. The molecule has 0 bridgehead atoms. The van der Waals surface area contributed by atoms with Crippen LogP contribution in [0.15, 0.2) is 60.7 Å². The summed E-state index contributed by atoms with van der Waals surface area (Å²) < 4.78 is 15.1. The predicted molar refractivity (Wildman–Crippen MR) is 97.7 cm³/mol. The first-order chi connectivity index (χ1) is 12.2. The number of halogens is 1. The van der Waals surface area contributed by atoms with Gasteiger partial charge in [-0.2, -0.15) is 0 Å². The Bertz CT molecular complexity index is 665. The molecule has 0 aromatic heterocycles. The maximum atomic E-state index is 15.1. The molecule has 2 aliphatic rings. The van der Waals surface area contributed by atoms with E-state index in [0.29, 0.717) is 13.1 Å². The Hall–Kier alpha value is -1.71. The molecule has 0 aliphatic heterocycles. The minimum Gasteiger partial charge on any atom is -0.389 e. The summed E-state index contributed by atoms with van der Waals surface area (Å²) in [6.45, 7) is 3.50. The molecule has 2 aromatic rings. The highest BCUT2D eigenvalue weighted by Crippen LogP contribution is 2.67. The number of rotatable bonds is 6. The van der Waals surface area contributed by atoms with Crippen molar-refractivity contribution in [3.8, 4) is 0 Å². The van der Waals surface area contributed by atoms with Crippen LogP contribution in [0.3, 0.4) is 0 Å².